The predicted octanol–water partition coefficient (Wildman–Crippen LogP) is 2.27. The van der Waals surface area contributed by atoms with Gasteiger partial charge >= 0.3 is 0 Å². The zero-order valence-electron chi connectivity index (χ0n) is 10.6. The minimum atomic E-state index is -0.569. The van der Waals surface area contributed by atoms with Crippen LogP contribution < -0.4 is 0 Å². The number of allylic oxidation sites excluding steroid dienone is 2. The van der Waals surface area contributed by atoms with Crippen LogP contribution in [0.1, 0.15) is 27.7 Å². The maximum Gasteiger partial charge on any atom is 0.169 e. The lowest BCUT2D eigenvalue weighted by atomic mass is 9.79. The lowest BCUT2D eigenvalue weighted by molar-refractivity contribution is -0.203. The summed E-state index contributed by atoms with van der Waals surface area (Å²) >= 11 is 0. The van der Waals surface area contributed by atoms with Crippen LogP contribution in [0.4, 0.5) is 0 Å². The number of aliphatic hydroxyl groups excluding tert-OH is 1. The summed E-state index contributed by atoms with van der Waals surface area (Å²) in [4.78, 5) is 0. The molecule has 3 heteroatoms. The third-order valence-corrected chi connectivity index (χ3v) is 2.91. The summed E-state index contributed by atoms with van der Waals surface area (Å²) in [6.45, 7) is 8.92. The largest absolute Gasteiger partial charge is 0.388 e. The summed E-state index contributed by atoms with van der Waals surface area (Å²) in [5.41, 5.74) is 0.558. The molecule has 0 aliphatic heterocycles. The Bertz CT molecular complexity index is 277. The molecule has 0 aromatic rings. The van der Waals surface area contributed by atoms with E-state index in [1.165, 1.54) is 0 Å². The van der Waals surface area contributed by atoms with Crippen LogP contribution in [0.5, 0.6) is 0 Å². The van der Waals surface area contributed by atoms with Gasteiger partial charge < -0.3 is 14.6 Å². The SMILES string of the molecule is CCOC(OCC)C1(C)C=CC(C)=CC1O. The van der Waals surface area contributed by atoms with Crippen molar-refractivity contribution < 1.29 is 14.6 Å². The van der Waals surface area contributed by atoms with E-state index >= 15 is 0 Å². The number of rotatable bonds is 5. The van der Waals surface area contributed by atoms with E-state index in [0.29, 0.717) is 13.2 Å². The van der Waals surface area contributed by atoms with Crippen LogP contribution in [0, 0.1) is 5.41 Å². The van der Waals surface area contributed by atoms with Crippen molar-refractivity contribution in [3.05, 3.63) is 23.8 Å². The molecular weight excluding hydrogens is 204 g/mol. The zero-order valence-corrected chi connectivity index (χ0v) is 10.6. The van der Waals surface area contributed by atoms with Crippen molar-refractivity contribution in [2.45, 2.75) is 40.1 Å². The van der Waals surface area contributed by atoms with E-state index < -0.39 is 17.8 Å². The normalized spacial score (nSPS) is 29.6. The highest BCUT2D eigenvalue weighted by Crippen LogP contribution is 2.35. The van der Waals surface area contributed by atoms with Crippen LogP contribution in [0.25, 0.3) is 0 Å². The van der Waals surface area contributed by atoms with E-state index in [2.05, 4.69) is 0 Å². The summed E-state index contributed by atoms with van der Waals surface area (Å²) in [7, 11) is 0. The summed E-state index contributed by atoms with van der Waals surface area (Å²) in [6, 6.07) is 0. The second-order valence-corrected chi connectivity index (χ2v) is 4.30. The van der Waals surface area contributed by atoms with Crippen LogP contribution in [-0.4, -0.2) is 30.7 Å². The molecule has 0 radical (unpaired) electrons. The molecule has 16 heavy (non-hydrogen) atoms. The molecule has 0 aromatic heterocycles. The molecule has 0 spiro atoms. The van der Waals surface area contributed by atoms with Crippen LogP contribution in [-0.2, 0) is 9.47 Å². The van der Waals surface area contributed by atoms with Crippen LogP contribution in [0.2, 0.25) is 0 Å². The van der Waals surface area contributed by atoms with Crippen molar-refractivity contribution in [2.24, 2.45) is 5.41 Å². The van der Waals surface area contributed by atoms with Gasteiger partial charge in [-0.2, -0.15) is 0 Å². The van der Waals surface area contributed by atoms with Gasteiger partial charge in [0.2, 0.25) is 0 Å². The fourth-order valence-corrected chi connectivity index (χ4v) is 1.82. The predicted molar refractivity (Wildman–Crippen MR) is 64.1 cm³/mol. The maximum atomic E-state index is 10.1. The molecule has 0 heterocycles. The van der Waals surface area contributed by atoms with Crippen LogP contribution in [0.3, 0.4) is 0 Å². The fourth-order valence-electron chi connectivity index (χ4n) is 1.82. The van der Waals surface area contributed by atoms with Gasteiger partial charge in [-0.1, -0.05) is 23.8 Å². The van der Waals surface area contributed by atoms with Gasteiger partial charge in [-0.15, -0.1) is 0 Å². The third-order valence-electron chi connectivity index (χ3n) is 2.91. The van der Waals surface area contributed by atoms with Gasteiger partial charge in [0.05, 0.1) is 11.5 Å². The molecule has 1 aliphatic carbocycles. The van der Waals surface area contributed by atoms with Gasteiger partial charge in [-0.3, -0.25) is 0 Å². The smallest absolute Gasteiger partial charge is 0.169 e. The Labute approximate surface area is 97.8 Å². The second kappa shape index (κ2) is 5.62. The molecule has 0 saturated heterocycles. The molecule has 2 atom stereocenters. The number of aliphatic hydroxyl groups is 1. The number of hydrogen-bond donors (Lipinski definition) is 1. The average Bonchev–Trinajstić information content (AvgIpc) is 2.24. The first-order valence-electron chi connectivity index (χ1n) is 5.83. The molecule has 1 N–H and O–H groups in total. The molecule has 92 valence electrons. The van der Waals surface area contributed by atoms with E-state index in [4.69, 9.17) is 9.47 Å². The first-order chi connectivity index (χ1) is 7.54. The summed E-state index contributed by atoms with van der Waals surface area (Å²) in [5.74, 6) is 0. The standard InChI is InChI=1S/C13H22O3/c1-5-15-12(16-6-2)13(4)8-7-10(3)9-11(13)14/h7-9,11-12,14H,5-6H2,1-4H3. The van der Waals surface area contributed by atoms with E-state index in [1.807, 2.05) is 45.9 Å². The maximum absolute atomic E-state index is 10.1. The van der Waals surface area contributed by atoms with Crippen molar-refractivity contribution in [3.8, 4) is 0 Å². The fraction of sp³-hybridized carbons (Fsp3) is 0.692. The minimum absolute atomic E-state index is 0.405. The van der Waals surface area contributed by atoms with Gasteiger partial charge in [-0.05, 0) is 27.7 Å². The molecule has 1 rings (SSSR count). The topological polar surface area (TPSA) is 38.7 Å². The third kappa shape index (κ3) is 2.73. The van der Waals surface area contributed by atoms with Crippen molar-refractivity contribution in [1.29, 1.82) is 0 Å². The van der Waals surface area contributed by atoms with Crippen LogP contribution >= 0.6 is 0 Å². The molecule has 0 fully saturated rings. The van der Waals surface area contributed by atoms with E-state index in [0.717, 1.165) is 5.57 Å². The summed E-state index contributed by atoms with van der Waals surface area (Å²) in [6.07, 6.45) is 4.84. The number of hydrogen-bond acceptors (Lipinski definition) is 3. The van der Waals surface area contributed by atoms with E-state index in [1.54, 1.807) is 0 Å². The Morgan fingerprint density at radius 1 is 1.38 bits per heavy atom. The van der Waals surface area contributed by atoms with E-state index in [9.17, 15) is 5.11 Å². The molecule has 0 aromatic carbocycles. The van der Waals surface area contributed by atoms with Crippen molar-refractivity contribution in [1.82, 2.24) is 0 Å². The molecular formula is C13H22O3. The second-order valence-electron chi connectivity index (χ2n) is 4.30. The lowest BCUT2D eigenvalue weighted by Crippen LogP contribution is -2.44. The van der Waals surface area contributed by atoms with Gasteiger partial charge in [0.1, 0.15) is 0 Å². The molecule has 0 amide bonds. The van der Waals surface area contributed by atoms with Crippen molar-refractivity contribution in [3.63, 3.8) is 0 Å². The minimum Gasteiger partial charge on any atom is -0.388 e. The van der Waals surface area contributed by atoms with Gasteiger partial charge in [0, 0.05) is 13.2 Å². The van der Waals surface area contributed by atoms with Crippen molar-refractivity contribution in [2.75, 3.05) is 13.2 Å². The monoisotopic (exact) mass is 226 g/mol. The highest BCUT2D eigenvalue weighted by Gasteiger charge is 2.40. The average molecular weight is 226 g/mol. The lowest BCUT2D eigenvalue weighted by Gasteiger charge is -2.38. The van der Waals surface area contributed by atoms with Crippen molar-refractivity contribution >= 4 is 0 Å². The Morgan fingerprint density at radius 3 is 2.38 bits per heavy atom. The molecule has 0 saturated carbocycles. The van der Waals surface area contributed by atoms with Gasteiger partial charge in [0.15, 0.2) is 6.29 Å². The Balaban J connectivity index is 2.85. The first kappa shape index (κ1) is 13.4. The highest BCUT2D eigenvalue weighted by molar-refractivity contribution is 5.28. The van der Waals surface area contributed by atoms with Gasteiger partial charge in [0.25, 0.3) is 0 Å². The molecule has 2 unspecified atom stereocenters. The summed E-state index contributed by atoms with van der Waals surface area (Å²) in [5, 5.41) is 10.1. The van der Waals surface area contributed by atoms with Gasteiger partial charge in [-0.25, -0.2) is 0 Å². The Kier molecular flexibility index (Phi) is 4.71. The molecule has 0 bridgehead atoms. The molecule has 1 aliphatic rings. The number of ether oxygens (including phenoxy) is 2. The quantitative estimate of drug-likeness (QED) is 0.731. The summed E-state index contributed by atoms with van der Waals surface area (Å²) < 4.78 is 11.1. The molecule has 3 nitrogen and oxygen atoms in total. The Morgan fingerprint density at radius 2 is 1.94 bits per heavy atom. The van der Waals surface area contributed by atoms with Crippen LogP contribution in [0.15, 0.2) is 23.8 Å². The van der Waals surface area contributed by atoms with E-state index in [-0.39, 0.29) is 0 Å². The highest BCUT2D eigenvalue weighted by atomic mass is 16.7. The Hall–Kier alpha value is -0.640. The zero-order chi connectivity index (χ0) is 12.2. The first-order valence-corrected chi connectivity index (χ1v) is 5.83.